The number of carbonyl (C=O) groups excluding carboxylic acids is 2. The SMILES string of the molecule is C[C@@H]1CCC[NH+](CC(=O)N2CC[NH+](CC(=O)Nc3cccc(F)c3)CC2)C1. The third-order valence-corrected chi connectivity index (χ3v) is 5.61. The van der Waals surface area contributed by atoms with E-state index < -0.39 is 0 Å². The van der Waals surface area contributed by atoms with Gasteiger partial charge in [0, 0.05) is 11.6 Å². The molecule has 1 unspecified atom stereocenters. The molecule has 0 saturated carbocycles. The molecule has 6 nitrogen and oxygen atoms in total. The van der Waals surface area contributed by atoms with Crippen LogP contribution in [0.2, 0.25) is 0 Å². The molecule has 2 saturated heterocycles. The topological polar surface area (TPSA) is 58.3 Å². The van der Waals surface area contributed by atoms with Crippen molar-refractivity contribution in [3.63, 3.8) is 0 Å². The van der Waals surface area contributed by atoms with Crippen LogP contribution in [0.4, 0.5) is 10.1 Å². The molecule has 2 amide bonds. The van der Waals surface area contributed by atoms with Crippen LogP contribution in [0.25, 0.3) is 0 Å². The Morgan fingerprint density at radius 3 is 2.67 bits per heavy atom. The zero-order chi connectivity index (χ0) is 19.2. The van der Waals surface area contributed by atoms with E-state index >= 15 is 0 Å². The van der Waals surface area contributed by atoms with E-state index in [0.29, 0.717) is 37.8 Å². The van der Waals surface area contributed by atoms with Crippen molar-refractivity contribution in [1.29, 1.82) is 0 Å². The highest BCUT2D eigenvalue weighted by Crippen LogP contribution is 2.08. The minimum atomic E-state index is -0.363. The Morgan fingerprint density at radius 2 is 1.96 bits per heavy atom. The van der Waals surface area contributed by atoms with E-state index in [1.807, 2.05) is 4.90 Å². The first-order valence-electron chi connectivity index (χ1n) is 10.00. The number of anilines is 1. The largest absolute Gasteiger partial charge is 0.327 e. The maximum atomic E-state index is 13.2. The van der Waals surface area contributed by atoms with Crippen LogP contribution >= 0.6 is 0 Å². The first-order valence-corrected chi connectivity index (χ1v) is 10.00. The number of rotatable bonds is 5. The number of amides is 2. The molecule has 2 aliphatic heterocycles. The molecule has 3 N–H and O–H groups in total. The zero-order valence-corrected chi connectivity index (χ0v) is 16.1. The van der Waals surface area contributed by atoms with E-state index in [2.05, 4.69) is 12.2 Å². The van der Waals surface area contributed by atoms with E-state index in [1.165, 1.54) is 29.9 Å². The molecule has 0 radical (unpaired) electrons. The maximum absolute atomic E-state index is 13.2. The van der Waals surface area contributed by atoms with Crippen LogP contribution in [0.5, 0.6) is 0 Å². The van der Waals surface area contributed by atoms with Gasteiger partial charge in [0.25, 0.3) is 11.8 Å². The summed E-state index contributed by atoms with van der Waals surface area (Å²) in [5.41, 5.74) is 0.479. The Balaban J connectivity index is 1.39. The normalized spacial score (nSPS) is 23.9. The summed E-state index contributed by atoms with van der Waals surface area (Å²) in [4.78, 5) is 29.2. The Hall–Kier alpha value is -1.99. The minimum Gasteiger partial charge on any atom is -0.327 e. The average molecular weight is 378 g/mol. The fourth-order valence-electron chi connectivity index (χ4n) is 4.13. The summed E-state index contributed by atoms with van der Waals surface area (Å²) in [6.45, 7) is 8.34. The predicted octanol–water partition coefficient (Wildman–Crippen LogP) is -1.19. The molecule has 7 heteroatoms. The number of piperidine rings is 1. The van der Waals surface area contributed by atoms with Gasteiger partial charge in [0.15, 0.2) is 13.1 Å². The van der Waals surface area contributed by atoms with Crippen LogP contribution in [-0.2, 0) is 9.59 Å². The van der Waals surface area contributed by atoms with Crippen molar-refractivity contribution < 1.29 is 23.8 Å². The van der Waals surface area contributed by atoms with Crippen LogP contribution in [0.3, 0.4) is 0 Å². The fourth-order valence-corrected chi connectivity index (χ4v) is 4.13. The number of benzene rings is 1. The Morgan fingerprint density at radius 1 is 1.19 bits per heavy atom. The predicted molar refractivity (Wildman–Crippen MR) is 101 cm³/mol. The molecule has 0 spiro atoms. The molecule has 2 aliphatic rings. The highest BCUT2D eigenvalue weighted by atomic mass is 19.1. The van der Waals surface area contributed by atoms with Gasteiger partial charge in [-0.2, -0.15) is 0 Å². The van der Waals surface area contributed by atoms with E-state index in [-0.39, 0.29) is 17.6 Å². The van der Waals surface area contributed by atoms with Crippen LogP contribution in [0.1, 0.15) is 19.8 Å². The second-order valence-electron chi connectivity index (χ2n) is 7.99. The van der Waals surface area contributed by atoms with E-state index in [4.69, 9.17) is 0 Å². The highest BCUT2D eigenvalue weighted by molar-refractivity contribution is 5.91. The molecule has 1 aromatic carbocycles. The molecule has 0 bridgehead atoms. The van der Waals surface area contributed by atoms with Crippen LogP contribution in [0.15, 0.2) is 24.3 Å². The number of nitrogens with zero attached hydrogens (tertiary/aromatic N) is 1. The molecular formula is C20H31FN4O2+2. The van der Waals surface area contributed by atoms with Crippen molar-refractivity contribution >= 4 is 17.5 Å². The first-order chi connectivity index (χ1) is 13.0. The molecule has 148 valence electrons. The standard InChI is InChI=1S/C20H29FN4O2/c1-16-4-3-7-24(13-16)15-20(27)25-10-8-23(9-11-25)14-19(26)22-18-6-2-5-17(21)12-18/h2,5-6,12,16H,3-4,7-11,13-15H2,1H3,(H,22,26)/p+2/t16-/m1/s1. The molecule has 0 aliphatic carbocycles. The Labute approximate surface area is 160 Å². The summed E-state index contributed by atoms with van der Waals surface area (Å²) < 4.78 is 13.2. The van der Waals surface area contributed by atoms with Gasteiger partial charge in [0.1, 0.15) is 5.82 Å². The molecule has 2 fully saturated rings. The first kappa shape index (κ1) is 19.8. The summed E-state index contributed by atoms with van der Waals surface area (Å²) in [5, 5.41) is 2.74. The smallest absolute Gasteiger partial charge is 0.279 e. The summed E-state index contributed by atoms with van der Waals surface area (Å²) in [5.74, 6) is 0.460. The van der Waals surface area contributed by atoms with Gasteiger partial charge >= 0.3 is 0 Å². The van der Waals surface area contributed by atoms with Crippen molar-refractivity contribution in [1.82, 2.24) is 4.90 Å². The lowest BCUT2D eigenvalue weighted by Gasteiger charge is -2.33. The number of halogens is 1. The summed E-state index contributed by atoms with van der Waals surface area (Å²) in [7, 11) is 0. The lowest BCUT2D eigenvalue weighted by molar-refractivity contribution is -0.902. The molecule has 2 atom stereocenters. The van der Waals surface area contributed by atoms with Gasteiger partial charge in [-0.1, -0.05) is 13.0 Å². The molecule has 27 heavy (non-hydrogen) atoms. The van der Waals surface area contributed by atoms with Crippen molar-refractivity contribution in [3.05, 3.63) is 30.1 Å². The number of hydrogen-bond acceptors (Lipinski definition) is 2. The quantitative estimate of drug-likeness (QED) is 0.603. The molecular weight excluding hydrogens is 347 g/mol. The van der Waals surface area contributed by atoms with E-state index in [1.54, 1.807) is 12.1 Å². The van der Waals surface area contributed by atoms with Crippen molar-refractivity contribution in [3.8, 4) is 0 Å². The summed E-state index contributed by atoms with van der Waals surface area (Å²) in [6, 6.07) is 5.92. The number of carbonyl (C=O) groups is 2. The monoisotopic (exact) mass is 378 g/mol. The third-order valence-electron chi connectivity index (χ3n) is 5.61. The van der Waals surface area contributed by atoms with E-state index in [0.717, 1.165) is 31.1 Å². The Kier molecular flexibility index (Phi) is 6.79. The number of nitrogens with one attached hydrogen (secondary N) is 3. The zero-order valence-electron chi connectivity index (χ0n) is 16.1. The van der Waals surface area contributed by atoms with Gasteiger partial charge < -0.3 is 20.0 Å². The molecule has 0 aromatic heterocycles. The summed E-state index contributed by atoms with van der Waals surface area (Å²) in [6.07, 6.45) is 2.49. The third kappa shape index (κ3) is 6.01. The number of piperazine rings is 1. The van der Waals surface area contributed by atoms with Gasteiger partial charge in [-0.05, 0) is 31.0 Å². The second-order valence-corrected chi connectivity index (χ2v) is 7.99. The molecule has 3 rings (SSSR count). The lowest BCUT2D eigenvalue weighted by atomic mass is 10.0. The number of quaternary nitrogens is 2. The lowest BCUT2D eigenvalue weighted by Crippen LogP contribution is -3.16. The van der Waals surface area contributed by atoms with Gasteiger partial charge in [-0.25, -0.2) is 4.39 Å². The number of likely N-dealkylation sites (tertiary alicyclic amines) is 1. The van der Waals surface area contributed by atoms with Crippen LogP contribution in [0, 0.1) is 11.7 Å². The summed E-state index contributed by atoms with van der Waals surface area (Å²) >= 11 is 0. The second kappa shape index (κ2) is 9.28. The van der Waals surface area contributed by atoms with Crippen molar-refractivity contribution in [2.45, 2.75) is 19.8 Å². The van der Waals surface area contributed by atoms with Gasteiger partial charge in [-0.3, -0.25) is 9.59 Å². The van der Waals surface area contributed by atoms with Gasteiger partial charge in [0.05, 0.1) is 39.3 Å². The van der Waals surface area contributed by atoms with Gasteiger partial charge in [0.2, 0.25) is 0 Å². The molecule has 1 aromatic rings. The van der Waals surface area contributed by atoms with E-state index in [9.17, 15) is 14.0 Å². The fraction of sp³-hybridized carbons (Fsp3) is 0.600. The number of hydrogen-bond donors (Lipinski definition) is 3. The highest BCUT2D eigenvalue weighted by Gasteiger charge is 2.29. The maximum Gasteiger partial charge on any atom is 0.279 e. The van der Waals surface area contributed by atoms with Crippen LogP contribution in [-0.4, -0.2) is 69.1 Å². The van der Waals surface area contributed by atoms with Crippen molar-refractivity contribution in [2.75, 3.05) is 57.7 Å². The average Bonchev–Trinajstić information content (AvgIpc) is 2.62. The van der Waals surface area contributed by atoms with Crippen LogP contribution < -0.4 is 15.1 Å². The van der Waals surface area contributed by atoms with Gasteiger partial charge in [-0.15, -0.1) is 0 Å². The Bertz CT molecular complexity index is 661. The molecule has 2 heterocycles. The minimum absolute atomic E-state index is 0.123. The van der Waals surface area contributed by atoms with Crippen molar-refractivity contribution in [2.24, 2.45) is 5.92 Å².